The van der Waals surface area contributed by atoms with E-state index in [1.165, 1.54) is 22.3 Å². The number of hydrogen-bond acceptors (Lipinski definition) is 0. The predicted octanol–water partition coefficient (Wildman–Crippen LogP) is 4.82. The summed E-state index contributed by atoms with van der Waals surface area (Å²) in [5, 5.41) is 0.180. The van der Waals surface area contributed by atoms with Crippen molar-refractivity contribution in [3.05, 3.63) is 59.7 Å². The molecule has 0 saturated heterocycles. The molecule has 86 valence electrons. The van der Waals surface area contributed by atoms with Gasteiger partial charge in [-0.15, -0.1) is 11.6 Å². The Morgan fingerprint density at radius 2 is 1.41 bits per heavy atom. The highest BCUT2D eigenvalue weighted by Gasteiger charge is 2.31. The number of hydrogen-bond donors (Lipinski definition) is 0. The minimum Gasteiger partial charge on any atom is -0.122 e. The highest BCUT2D eigenvalue weighted by atomic mass is 35.5. The summed E-state index contributed by atoms with van der Waals surface area (Å²) in [7, 11) is 0. The second kappa shape index (κ2) is 4.19. The smallest absolute Gasteiger partial charge is 0.0443 e. The fraction of sp³-hybridized carbons (Fsp3) is 0.250. The molecular formula is C16H15Cl. The third-order valence-electron chi connectivity index (χ3n) is 3.63. The van der Waals surface area contributed by atoms with Crippen LogP contribution in [0.2, 0.25) is 0 Å². The van der Waals surface area contributed by atoms with Crippen LogP contribution in [0.1, 0.15) is 30.4 Å². The monoisotopic (exact) mass is 242 g/mol. The van der Waals surface area contributed by atoms with Crippen LogP contribution in [-0.4, -0.2) is 5.38 Å². The molecule has 1 unspecified atom stereocenters. The summed E-state index contributed by atoms with van der Waals surface area (Å²) in [5.74, 6) is 0.356. The number of halogens is 1. The fourth-order valence-electron chi connectivity index (χ4n) is 2.82. The topological polar surface area (TPSA) is 0 Å². The Balaban J connectivity index is 2.23. The highest BCUT2D eigenvalue weighted by molar-refractivity contribution is 6.21. The maximum absolute atomic E-state index is 6.53. The summed E-state index contributed by atoms with van der Waals surface area (Å²) >= 11 is 6.53. The predicted molar refractivity (Wildman–Crippen MR) is 73.7 cm³/mol. The highest BCUT2D eigenvalue weighted by Crippen LogP contribution is 2.47. The van der Waals surface area contributed by atoms with Gasteiger partial charge in [0.2, 0.25) is 0 Å². The number of alkyl halides is 1. The lowest BCUT2D eigenvalue weighted by molar-refractivity contribution is 0.721. The summed E-state index contributed by atoms with van der Waals surface area (Å²) < 4.78 is 0. The van der Waals surface area contributed by atoms with Gasteiger partial charge in [-0.2, -0.15) is 0 Å². The van der Waals surface area contributed by atoms with Gasteiger partial charge in [-0.05, 0) is 28.7 Å². The molecule has 3 rings (SSSR count). The summed E-state index contributed by atoms with van der Waals surface area (Å²) in [6.45, 7) is 2.15. The maximum atomic E-state index is 6.53. The number of fused-ring (bicyclic) bond motifs is 3. The van der Waals surface area contributed by atoms with Crippen LogP contribution in [0.4, 0.5) is 0 Å². The van der Waals surface area contributed by atoms with Gasteiger partial charge in [0.05, 0.1) is 0 Å². The molecule has 2 aromatic carbocycles. The Morgan fingerprint density at radius 1 is 0.941 bits per heavy atom. The van der Waals surface area contributed by atoms with Crippen LogP contribution in [0, 0.1) is 0 Å². The van der Waals surface area contributed by atoms with Crippen molar-refractivity contribution in [1.82, 2.24) is 0 Å². The van der Waals surface area contributed by atoms with E-state index in [9.17, 15) is 0 Å². The van der Waals surface area contributed by atoms with E-state index < -0.39 is 0 Å². The van der Waals surface area contributed by atoms with E-state index in [4.69, 9.17) is 11.6 Å². The van der Waals surface area contributed by atoms with Gasteiger partial charge in [-0.1, -0.05) is 55.5 Å². The molecule has 17 heavy (non-hydrogen) atoms. The molecule has 1 aliphatic carbocycles. The van der Waals surface area contributed by atoms with Crippen molar-refractivity contribution >= 4 is 11.6 Å². The van der Waals surface area contributed by atoms with Crippen molar-refractivity contribution in [3.8, 4) is 11.1 Å². The Bertz CT molecular complexity index is 499. The molecule has 0 bridgehead atoms. The van der Waals surface area contributed by atoms with Gasteiger partial charge in [0.25, 0.3) is 0 Å². The molecule has 1 atom stereocenters. The molecule has 0 aliphatic heterocycles. The first-order chi connectivity index (χ1) is 8.33. The molecule has 0 heterocycles. The van der Waals surface area contributed by atoms with Crippen LogP contribution < -0.4 is 0 Å². The van der Waals surface area contributed by atoms with Gasteiger partial charge in [-0.25, -0.2) is 0 Å². The van der Waals surface area contributed by atoms with Crippen molar-refractivity contribution < 1.29 is 0 Å². The van der Waals surface area contributed by atoms with Crippen molar-refractivity contribution in [2.75, 3.05) is 0 Å². The molecule has 0 radical (unpaired) electrons. The van der Waals surface area contributed by atoms with E-state index in [-0.39, 0.29) is 5.38 Å². The zero-order chi connectivity index (χ0) is 11.8. The van der Waals surface area contributed by atoms with Crippen LogP contribution in [0.5, 0.6) is 0 Å². The van der Waals surface area contributed by atoms with E-state index in [0.717, 1.165) is 6.42 Å². The Labute approximate surface area is 107 Å². The third kappa shape index (κ3) is 1.59. The lowest BCUT2D eigenvalue weighted by Gasteiger charge is -2.18. The van der Waals surface area contributed by atoms with Gasteiger partial charge in [-0.3, -0.25) is 0 Å². The van der Waals surface area contributed by atoms with Gasteiger partial charge >= 0.3 is 0 Å². The standard InChI is InChI=1S/C16H15Cl/c1-2-15(17)16-13-9-5-3-7-11(13)12-8-4-6-10-14(12)16/h3-10,15-16H,2H2,1H3. The van der Waals surface area contributed by atoms with Gasteiger partial charge in [0.1, 0.15) is 0 Å². The normalized spacial score (nSPS) is 15.4. The number of benzene rings is 2. The van der Waals surface area contributed by atoms with Crippen LogP contribution in [0.15, 0.2) is 48.5 Å². The maximum Gasteiger partial charge on any atom is 0.0443 e. The van der Waals surface area contributed by atoms with E-state index in [0.29, 0.717) is 5.92 Å². The third-order valence-corrected chi connectivity index (χ3v) is 4.19. The second-order valence-corrected chi connectivity index (χ2v) is 5.14. The molecule has 2 aromatic rings. The Kier molecular flexibility index (Phi) is 2.68. The molecule has 1 aliphatic rings. The van der Waals surface area contributed by atoms with Gasteiger partial charge in [0.15, 0.2) is 0 Å². The molecule has 0 fully saturated rings. The van der Waals surface area contributed by atoms with Crippen molar-refractivity contribution in [3.63, 3.8) is 0 Å². The largest absolute Gasteiger partial charge is 0.122 e. The Hall–Kier alpha value is -1.27. The lowest BCUT2D eigenvalue weighted by atomic mass is 9.92. The average molecular weight is 243 g/mol. The van der Waals surface area contributed by atoms with E-state index in [1.54, 1.807) is 0 Å². The second-order valence-electron chi connectivity index (χ2n) is 4.58. The minimum absolute atomic E-state index is 0.180. The first-order valence-corrected chi connectivity index (χ1v) is 6.59. The Morgan fingerprint density at radius 3 is 1.88 bits per heavy atom. The van der Waals surface area contributed by atoms with Gasteiger partial charge < -0.3 is 0 Å². The summed E-state index contributed by atoms with van der Waals surface area (Å²) in [4.78, 5) is 0. The van der Waals surface area contributed by atoms with E-state index >= 15 is 0 Å². The van der Waals surface area contributed by atoms with Crippen LogP contribution >= 0.6 is 11.6 Å². The molecule has 0 saturated carbocycles. The average Bonchev–Trinajstić information content (AvgIpc) is 2.72. The van der Waals surface area contributed by atoms with Gasteiger partial charge in [0, 0.05) is 11.3 Å². The van der Waals surface area contributed by atoms with Crippen molar-refractivity contribution in [2.24, 2.45) is 0 Å². The fourth-order valence-corrected chi connectivity index (χ4v) is 3.09. The van der Waals surface area contributed by atoms with E-state index in [1.807, 2.05) is 0 Å². The van der Waals surface area contributed by atoms with Crippen LogP contribution in [0.25, 0.3) is 11.1 Å². The molecular weight excluding hydrogens is 228 g/mol. The SMILES string of the molecule is CCC(Cl)C1c2ccccc2-c2ccccc21. The first-order valence-electron chi connectivity index (χ1n) is 6.15. The first kappa shape index (κ1) is 10.9. The zero-order valence-corrected chi connectivity index (χ0v) is 10.6. The molecule has 0 amide bonds. The van der Waals surface area contributed by atoms with E-state index in [2.05, 4.69) is 55.5 Å². The van der Waals surface area contributed by atoms with Crippen LogP contribution in [0.3, 0.4) is 0 Å². The molecule has 0 nitrogen and oxygen atoms in total. The lowest BCUT2D eigenvalue weighted by Crippen LogP contribution is -2.10. The molecule has 1 heteroatoms. The van der Waals surface area contributed by atoms with Crippen LogP contribution in [-0.2, 0) is 0 Å². The summed E-state index contributed by atoms with van der Waals surface area (Å²) in [6, 6.07) is 17.3. The molecule has 0 spiro atoms. The zero-order valence-electron chi connectivity index (χ0n) is 9.86. The minimum atomic E-state index is 0.180. The summed E-state index contributed by atoms with van der Waals surface area (Å²) in [5.41, 5.74) is 5.48. The van der Waals surface area contributed by atoms with Crippen molar-refractivity contribution in [2.45, 2.75) is 24.6 Å². The van der Waals surface area contributed by atoms with Crippen molar-refractivity contribution in [1.29, 1.82) is 0 Å². The molecule has 0 aromatic heterocycles. The number of rotatable bonds is 2. The summed E-state index contributed by atoms with van der Waals surface area (Å²) in [6.07, 6.45) is 0.995. The quantitative estimate of drug-likeness (QED) is 0.663. The molecule has 0 N–H and O–H groups in total.